The van der Waals surface area contributed by atoms with Gasteiger partial charge in [-0.15, -0.1) is 11.3 Å². The van der Waals surface area contributed by atoms with Crippen LogP contribution in [0.1, 0.15) is 16.8 Å². The highest BCUT2D eigenvalue weighted by atomic mass is 32.1. The average Bonchev–Trinajstić information content (AvgIpc) is 2.82. The van der Waals surface area contributed by atoms with E-state index in [1.54, 1.807) is 6.20 Å². The van der Waals surface area contributed by atoms with Crippen LogP contribution in [0.4, 0.5) is 4.79 Å². The van der Waals surface area contributed by atoms with E-state index in [1.807, 2.05) is 6.92 Å². The second-order valence-corrected chi connectivity index (χ2v) is 5.08. The van der Waals surface area contributed by atoms with Crippen LogP contribution in [0, 0.1) is 0 Å². The molecule has 0 saturated carbocycles. The zero-order chi connectivity index (χ0) is 15.1. The fourth-order valence-electron chi connectivity index (χ4n) is 1.38. The minimum absolute atomic E-state index is 0.138. The van der Waals surface area contributed by atoms with Gasteiger partial charge in [-0.3, -0.25) is 9.59 Å². The molecule has 0 radical (unpaired) electrons. The summed E-state index contributed by atoms with van der Waals surface area (Å²) in [7, 11) is 0. The van der Waals surface area contributed by atoms with Crippen molar-refractivity contribution in [1.82, 2.24) is 15.2 Å². The molecule has 20 heavy (non-hydrogen) atoms. The number of amides is 2. The summed E-state index contributed by atoms with van der Waals surface area (Å²) < 4.78 is 0. The molecule has 0 unspecified atom stereocenters. The Labute approximate surface area is 119 Å². The SMILES string of the molecule is CCc1cnc(CNC(=O)N(CC(=O)O)CC(=O)O)s1. The molecular weight excluding hydrogens is 286 g/mol. The average molecular weight is 301 g/mol. The molecule has 0 saturated heterocycles. The Morgan fingerprint density at radius 3 is 2.35 bits per heavy atom. The summed E-state index contributed by atoms with van der Waals surface area (Å²) in [6.45, 7) is 0.781. The van der Waals surface area contributed by atoms with E-state index in [0.29, 0.717) is 9.91 Å². The van der Waals surface area contributed by atoms with Crippen molar-refractivity contribution in [1.29, 1.82) is 0 Å². The highest BCUT2D eigenvalue weighted by Crippen LogP contribution is 2.12. The lowest BCUT2D eigenvalue weighted by molar-refractivity contribution is -0.140. The van der Waals surface area contributed by atoms with E-state index in [4.69, 9.17) is 10.2 Å². The summed E-state index contributed by atoms with van der Waals surface area (Å²) >= 11 is 1.44. The van der Waals surface area contributed by atoms with Crippen molar-refractivity contribution in [2.45, 2.75) is 19.9 Å². The number of nitrogens with one attached hydrogen (secondary N) is 1. The van der Waals surface area contributed by atoms with Crippen LogP contribution in [0.25, 0.3) is 0 Å². The minimum Gasteiger partial charge on any atom is -0.480 e. The van der Waals surface area contributed by atoms with Crippen LogP contribution in [-0.4, -0.2) is 51.2 Å². The molecule has 0 aliphatic heterocycles. The number of nitrogens with zero attached hydrogens (tertiary/aromatic N) is 2. The van der Waals surface area contributed by atoms with Crippen LogP contribution in [0.3, 0.4) is 0 Å². The molecule has 2 amide bonds. The summed E-state index contributed by atoms with van der Waals surface area (Å²) in [5, 5.41) is 20.4. The number of aryl methyl sites for hydroxylation is 1. The Kier molecular flexibility index (Phi) is 5.91. The summed E-state index contributed by atoms with van der Waals surface area (Å²) in [5.41, 5.74) is 0. The number of carboxylic acids is 2. The van der Waals surface area contributed by atoms with Crippen LogP contribution >= 0.6 is 11.3 Å². The van der Waals surface area contributed by atoms with E-state index in [0.717, 1.165) is 11.3 Å². The molecule has 1 rings (SSSR count). The third-order valence-electron chi connectivity index (χ3n) is 2.28. The maximum Gasteiger partial charge on any atom is 0.323 e. The number of rotatable bonds is 7. The van der Waals surface area contributed by atoms with Gasteiger partial charge in [0.05, 0.1) is 6.54 Å². The lowest BCUT2D eigenvalue weighted by Crippen LogP contribution is -2.45. The molecule has 1 aromatic heterocycles. The van der Waals surface area contributed by atoms with Gasteiger partial charge in [-0.1, -0.05) is 6.92 Å². The Bertz CT molecular complexity index is 486. The smallest absolute Gasteiger partial charge is 0.323 e. The third-order valence-corrected chi connectivity index (χ3v) is 3.42. The molecule has 0 fully saturated rings. The first-order valence-corrected chi connectivity index (χ1v) is 6.64. The van der Waals surface area contributed by atoms with Gasteiger partial charge in [-0.25, -0.2) is 9.78 Å². The van der Waals surface area contributed by atoms with Gasteiger partial charge in [-0.05, 0) is 6.42 Å². The molecular formula is C11H15N3O5S. The van der Waals surface area contributed by atoms with Crippen LogP contribution in [-0.2, 0) is 22.6 Å². The van der Waals surface area contributed by atoms with Gasteiger partial charge in [-0.2, -0.15) is 0 Å². The molecule has 8 nitrogen and oxygen atoms in total. The first-order chi connectivity index (χ1) is 9.42. The van der Waals surface area contributed by atoms with E-state index in [-0.39, 0.29) is 6.54 Å². The lowest BCUT2D eigenvalue weighted by atomic mass is 10.4. The summed E-state index contributed by atoms with van der Waals surface area (Å²) in [6.07, 6.45) is 2.55. The van der Waals surface area contributed by atoms with E-state index in [2.05, 4.69) is 10.3 Å². The van der Waals surface area contributed by atoms with Crippen molar-refractivity contribution in [3.63, 3.8) is 0 Å². The largest absolute Gasteiger partial charge is 0.480 e. The first kappa shape index (κ1) is 15.9. The quantitative estimate of drug-likeness (QED) is 0.670. The molecule has 0 bridgehead atoms. The van der Waals surface area contributed by atoms with Gasteiger partial charge in [0.2, 0.25) is 0 Å². The predicted molar refractivity (Wildman–Crippen MR) is 70.6 cm³/mol. The summed E-state index contributed by atoms with van der Waals surface area (Å²) in [4.78, 5) is 38.8. The Morgan fingerprint density at radius 1 is 1.30 bits per heavy atom. The summed E-state index contributed by atoms with van der Waals surface area (Å²) in [5.74, 6) is -2.55. The fourth-order valence-corrected chi connectivity index (χ4v) is 2.18. The molecule has 1 heterocycles. The highest BCUT2D eigenvalue weighted by Gasteiger charge is 2.19. The van der Waals surface area contributed by atoms with E-state index in [9.17, 15) is 14.4 Å². The van der Waals surface area contributed by atoms with Crippen molar-refractivity contribution in [3.05, 3.63) is 16.1 Å². The molecule has 1 aromatic rings. The molecule has 0 aromatic carbocycles. The monoisotopic (exact) mass is 301 g/mol. The van der Waals surface area contributed by atoms with Crippen LogP contribution in [0.15, 0.2) is 6.20 Å². The molecule has 0 aliphatic carbocycles. The lowest BCUT2D eigenvalue weighted by Gasteiger charge is -2.18. The van der Waals surface area contributed by atoms with Crippen molar-refractivity contribution in [3.8, 4) is 0 Å². The molecule has 0 spiro atoms. The van der Waals surface area contributed by atoms with Gasteiger partial charge in [0, 0.05) is 11.1 Å². The molecule has 0 aliphatic rings. The van der Waals surface area contributed by atoms with Crippen LogP contribution in [0.2, 0.25) is 0 Å². The van der Waals surface area contributed by atoms with Gasteiger partial charge < -0.3 is 20.4 Å². The maximum absolute atomic E-state index is 11.7. The first-order valence-electron chi connectivity index (χ1n) is 5.82. The maximum atomic E-state index is 11.7. The van der Waals surface area contributed by atoms with E-state index in [1.165, 1.54) is 11.3 Å². The fraction of sp³-hybridized carbons (Fsp3) is 0.455. The third kappa shape index (κ3) is 5.22. The number of hydrogen-bond donors (Lipinski definition) is 3. The predicted octanol–water partition coefficient (Wildman–Crippen LogP) is 0.386. The van der Waals surface area contributed by atoms with E-state index < -0.39 is 31.1 Å². The van der Waals surface area contributed by atoms with Crippen molar-refractivity contribution in [2.24, 2.45) is 0 Å². The van der Waals surface area contributed by atoms with Gasteiger partial charge in [0.25, 0.3) is 0 Å². The standard InChI is InChI=1S/C11H15N3O5S/c1-2-7-3-12-8(20-7)4-13-11(19)14(5-9(15)16)6-10(17)18/h3H,2,4-6H2,1H3,(H,13,19)(H,15,16)(H,17,18). The van der Waals surface area contributed by atoms with Crippen LogP contribution in [0.5, 0.6) is 0 Å². The number of aromatic nitrogens is 1. The Balaban J connectivity index is 2.56. The second kappa shape index (κ2) is 7.43. The number of hydrogen-bond acceptors (Lipinski definition) is 5. The number of urea groups is 1. The Hall–Kier alpha value is -2.16. The second-order valence-electron chi connectivity index (χ2n) is 3.88. The number of carbonyl (C=O) groups excluding carboxylic acids is 1. The van der Waals surface area contributed by atoms with Gasteiger partial charge >= 0.3 is 18.0 Å². The molecule has 0 atom stereocenters. The van der Waals surface area contributed by atoms with Crippen molar-refractivity contribution >= 4 is 29.3 Å². The van der Waals surface area contributed by atoms with E-state index >= 15 is 0 Å². The number of carboxylic acid groups (broad SMARTS) is 2. The highest BCUT2D eigenvalue weighted by molar-refractivity contribution is 7.11. The zero-order valence-electron chi connectivity index (χ0n) is 10.8. The molecule has 110 valence electrons. The minimum atomic E-state index is -1.27. The normalized spacial score (nSPS) is 10.1. The van der Waals surface area contributed by atoms with Crippen LogP contribution < -0.4 is 5.32 Å². The van der Waals surface area contributed by atoms with Gasteiger partial charge in [0.1, 0.15) is 18.1 Å². The number of aliphatic carboxylic acids is 2. The zero-order valence-corrected chi connectivity index (χ0v) is 11.6. The van der Waals surface area contributed by atoms with Gasteiger partial charge in [0.15, 0.2) is 0 Å². The number of thiazole rings is 1. The topological polar surface area (TPSA) is 120 Å². The number of carbonyl (C=O) groups is 3. The molecule has 3 N–H and O–H groups in total. The summed E-state index contributed by atoms with van der Waals surface area (Å²) in [6, 6.07) is -0.747. The molecule has 9 heteroatoms. The Morgan fingerprint density at radius 2 is 1.90 bits per heavy atom. The van der Waals surface area contributed by atoms with Crippen molar-refractivity contribution < 1.29 is 24.6 Å². The van der Waals surface area contributed by atoms with Crippen molar-refractivity contribution in [2.75, 3.05) is 13.1 Å².